The molecule has 2 aromatic carbocycles. The van der Waals surface area contributed by atoms with Crippen LogP contribution in [0.3, 0.4) is 0 Å². The average molecular weight is 413 g/mol. The Balaban J connectivity index is 1.45. The molecule has 0 atom stereocenters. The molecule has 3 rings (SSSR count). The summed E-state index contributed by atoms with van der Waals surface area (Å²) in [6.45, 7) is 0. The highest BCUT2D eigenvalue weighted by molar-refractivity contribution is 8.00. The number of carbonyl (C=O) groups is 2. The number of carbonyl (C=O) groups excluding carboxylic acids is 2. The van der Waals surface area contributed by atoms with Crippen molar-refractivity contribution in [1.29, 1.82) is 0 Å². The number of Topliss-reactive ketones (excluding diaryl/α,β-unsaturated/α-hetero) is 1. The largest absolute Gasteiger partial charge is 0.325 e. The van der Waals surface area contributed by atoms with Crippen molar-refractivity contribution in [1.82, 2.24) is 14.8 Å². The Bertz CT molecular complexity index is 930. The van der Waals surface area contributed by atoms with Gasteiger partial charge in [-0.3, -0.25) is 9.59 Å². The third-order valence-electron chi connectivity index (χ3n) is 3.88. The Labute approximate surface area is 172 Å². The van der Waals surface area contributed by atoms with Crippen molar-refractivity contribution in [3.05, 3.63) is 72.1 Å². The van der Waals surface area contributed by atoms with Gasteiger partial charge in [0.2, 0.25) is 5.91 Å². The van der Waals surface area contributed by atoms with E-state index in [2.05, 4.69) is 15.5 Å². The second-order valence-electron chi connectivity index (χ2n) is 5.94. The van der Waals surface area contributed by atoms with Crippen LogP contribution in [0.25, 0.3) is 0 Å². The highest BCUT2D eigenvalue weighted by Crippen LogP contribution is 2.20. The van der Waals surface area contributed by atoms with Crippen molar-refractivity contribution in [3.8, 4) is 0 Å². The van der Waals surface area contributed by atoms with E-state index in [0.29, 0.717) is 28.0 Å². The van der Waals surface area contributed by atoms with Gasteiger partial charge in [-0.05, 0) is 12.1 Å². The van der Waals surface area contributed by atoms with Crippen LogP contribution >= 0.6 is 23.5 Å². The lowest BCUT2D eigenvalue weighted by Gasteiger charge is -2.05. The van der Waals surface area contributed by atoms with E-state index in [1.165, 1.54) is 23.5 Å². The van der Waals surface area contributed by atoms with Crippen LogP contribution in [0.15, 0.2) is 65.8 Å². The molecule has 1 amide bonds. The maximum absolute atomic E-state index is 12.2. The van der Waals surface area contributed by atoms with Crippen LogP contribution in [-0.4, -0.2) is 38.0 Å². The zero-order valence-corrected chi connectivity index (χ0v) is 17.0. The zero-order chi connectivity index (χ0) is 19.8. The summed E-state index contributed by atoms with van der Waals surface area (Å²) < 4.78 is 1.87. The number of benzene rings is 2. The predicted molar refractivity (Wildman–Crippen MR) is 114 cm³/mol. The van der Waals surface area contributed by atoms with Gasteiger partial charge >= 0.3 is 0 Å². The summed E-state index contributed by atoms with van der Waals surface area (Å²) in [7, 11) is 1.87. The molecule has 1 N–H and O–H groups in total. The molecule has 3 aromatic rings. The number of rotatable bonds is 9. The summed E-state index contributed by atoms with van der Waals surface area (Å²) >= 11 is 2.83. The molecule has 0 aliphatic carbocycles. The van der Waals surface area contributed by atoms with Crippen LogP contribution in [0.2, 0.25) is 0 Å². The molecule has 0 fully saturated rings. The predicted octanol–water partition coefficient (Wildman–Crippen LogP) is 3.66. The Kier molecular flexibility index (Phi) is 7.27. The molecule has 144 valence electrons. The monoisotopic (exact) mass is 412 g/mol. The lowest BCUT2D eigenvalue weighted by molar-refractivity contribution is -0.113. The van der Waals surface area contributed by atoms with Crippen LogP contribution in [0.1, 0.15) is 16.2 Å². The van der Waals surface area contributed by atoms with Gasteiger partial charge in [0, 0.05) is 18.3 Å². The zero-order valence-electron chi connectivity index (χ0n) is 15.4. The quantitative estimate of drug-likeness (QED) is 0.427. The van der Waals surface area contributed by atoms with E-state index in [1.54, 1.807) is 0 Å². The van der Waals surface area contributed by atoms with Gasteiger partial charge in [-0.2, -0.15) is 0 Å². The first kappa shape index (κ1) is 20.2. The molecule has 8 heteroatoms. The summed E-state index contributed by atoms with van der Waals surface area (Å²) in [6, 6.07) is 18.6. The number of thioether (sulfide) groups is 2. The van der Waals surface area contributed by atoms with Crippen LogP contribution in [0.4, 0.5) is 5.69 Å². The molecule has 0 aliphatic rings. The molecule has 0 radical (unpaired) electrons. The minimum absolute atomic E-state index is 0.0542. The van der Waals surface area contributed by atoms with E-state index in [0.717, 1.165) is 11.5 Å². The summed E-state index contributed by atoms with van der Waals surface area (Å²) in [6.07, 6.45) is 0. The Morgan fingerprint density at radius 1 is 0.964 bits per heavy atom. The van der Waals surface area contributed by atoms with Crippen molar-refractivity contribution in [2.75, 3.05) is 16.8 Å². The summed E-state index contributed by atoms with van der Waals surface area (Å²) in [5.74, 6) is 1.98. The first-order chi connectivity index (χ1) is 13.6. The lowest BCUT2D eigenvalue weighted by Crippen LogP contribution is -2.14. The SMILES string of the molecule is Cn1c(CSCC(=O)Nc2ccccc2)nnc1SCC(=O)c1ccccc1. The second-order valence-corrected chi connectivity index (χ2v) is 7.87. The molecule has 0 bridgehead atoms. The van der Waals surface area contributed by atoms with Gasteiger partial charge in [0.25, 0.3) is 0 Å². The van der Waals surface area contributed by atoms with E-state index in [-0.39, 0.29) is 11.7 Å². The molecular weight excluding hydrogens is 392 g/mol. The fourth-order valence-corrected chi connectivity index (χ4v) is 4.01. The number of hydrogen-bond acceptors (Lipinski definition) is 6. The van der Waals surface area contributed by atoms with Crippen LogP contribution in [0, 0.1) is 0 Å². The molecule has 0 aliphatic heterocycles. The summed E-state index contributed by atoms with van der Waals surface area (Å²) in [5, 5.41) is 11.9. The van der Waals surface area contributed by atoms with Crippen molar-refractivity contribution in [3.63, 3.8) is 0 Å². The van der Waals surface area contributed by atoms with Crippen molar-refractivity contribution in [2.24, 2.45) is 7.05 Å². The molecule has 0 saturated carbocycles. The van der Waals surface area contributed by atoms with E-state index in [9.17, 15) is 9.59 Å². The molecular formula is C20H20N4O2S2. The van der Waals surface area contributed by atoms with Gasteiger partial charge in [-0.25, -0.2) is 0 Å². The van der Waals surface area contributed by atoms with Gasteiger partial charge in [-0.15, -0.1) is 22.0 Å². The molecule has 0 saturated heterocycles. The number of amides is 1. The topological polar surface area (TPSA) is 76.9 Å². The van der Waals surface area contributed by atoms with E-state index in [4.69, 9.17) is 0 Å². The van der Waals surface area contributed by atoms with Gasteiger partial charge < -0.3 is 9.88 Å². The summed E-state index contributed by atoms with van der Waals surface area (Å²) in [4.78, 5) is 24.2. The first-order valence-electron chi connectivity index (χ1n) is 8.65. The highest BCUT2D eigenvalue weighted by Gasteiger charge is 2.13. The number of para-hydroxylation sites is 1. The first-order valence-corrected chi connectivity index (χ1v) is 10.8. The molecule has 1 heterocycles. The van der Waals surface area contributed by atoms with E-state index in [1.807, 2.05) is 72.3 Å². The van der Waals surface area contributed by atoms with Gasteiger partial charge in [0.15, 0.2) is 10.9 Å². The molecule has 0 spiro atoms. The number of ketones is 1. The van der Waals surface area contributed by atoms with Gasteiger partial charge in [0.1, 0.15) is 5.82 Å². The average Bonchev–Trinajstić information content (AvgIpc) is 3.07. The number of aromatic nitrogens is 3. The molecule has 6 nitrogen and oxygen atoms in total. The molecule has 28 heavy (non-hydrogen) atoms. The maximum Gasteiger partial charge on any atom is 0.234 e. The minimum atomic E-state index is -0.0542. The van der Waals surface area contributed by atoms with Gasteiger partial charge in [-0.1, -0.05) is 60.3 Å². The van der Waals surface area contributed by atoms with Gasteiger partial charge in [0.05, 0.1) is 17.3 Å². The Morgan fingerprint density at radius 2 is 1.64 bits per heavy atom. The number of hydrogen-bond donors (Lipinski definition) is 1. The lowest BCUT2D eigenvalue weighted by atomic mass is 10.2. The normalized spacial score (nSPS) is 10.6. The van der Waals surface area contributed by atoms with Crippen LogP contribution in [0.5, 0.6) is 0 Å². The number of anilines is 1. The van der Waals surface area contributed by atoms with Crippen LogP contribution < -0.4 is 5.32 Å². The summed E-state index contributed by atoms with van der Waals surface area (Å²) in [5.41, 5.74) is 1.48. The molecule has 1 aromatic heterocycles. The van der Waals surface area contributed by atoms with Crippen molar-refractivity contribution >= 4 is 40.9 Å². The van der Waals surface area contributed by atoms with E-state index >= 15 is 0 Å². The number of nitrogens with zero attached hydrogens (tertiary/aromatic N) is 3. The standard InChI is InChI=1S/C20H20N4O2S2/c1-24-18(13-27-14-19(26)21-16-10-6-3-7-11-16)22-23-20(24)28-12-17(25)15-8-4-2-5-9-15/h2-11H,12-14H2,1H3,(H,21,26). The second kappa shape index (κ2) is 10.1. The third-order valence-corrected chi connectivity index (χ3v) is 5.82. The fourth-order valence-electron chi connectivity index (χ4n) is 2.39. The van der Waals surface area contributed by atoms with Crippen molar-refractivity contribution < 1.29 is 9.59 Å². The Hall–Kier alpha value is -2.58. The smallest absolute Gasteiger partial charge is 0.234 e. The minimum Gasteiger partial charge on any atom is -0.325 e. The van der Waals surface area contributed by atoms with E-state index < -0.39 is 0 Å². The third kappa shape index (κ3) is 5.71. The fraction of sp³-hybridized carbons (Fsp3) is 0.200. The Morgan fingerprint density at radius 3 is 2.36 bits per heavy atom. The molecule has 0 unspecified atom stereocenters. The highest BCUT2D eigenvalue weighted by atomic mass is 32.2. The number of nitrogens with one attached hydrogen (secondary N) is 1. The van der Waals surface area contributed by atoms with Crippen LogP contribution in [-0.2, 0) is 17.6 Å². The van der Waals surface area contributed by atoms with Crippen molar-refractivity contribution in [2.45, 2.75) is 10.9 Å². The maximum atomic E-state index is 12.2.